The molecule has 19 heavy (non-hydrogen) atoms. The predicted octanol–water partition coefficient (Wildman–Crippen LogP) is 2.91. The highest BCUT2D eigenvalue weighted by Gasteiger charge is 2.10. The van der Waals surface area contributed by atoms with Crippen LogP contribution in [0.4, 0.5) is 4.39 Å². The summed E-state index contributed by atoms with van der Waals surface area (Å²) in [4.78, 5) is 6.64. The molecule has 0 radical (unpaired) electrons. The summed E-state index contributed by atoms with van der Waals surface area (Å²) in [6, 6.07) is 4.76. The maximum atomic E-state index is 13.2. The summed E-state index contributed by atoms with van der Waals surface area (Å²) >= 11 is 5.82. The van der Waals surface area contributed by atoms with Crippen LogP contribution in [0.5, 0.6) is 0 Å². The normalized spacial score (nSPS) is 11.6. The summed E-state index contributed by atoms with van der Waals surface area (Å²) in [5, 5.41) is 0. The van der Waals surface area contributed by atoms with Crippen LogP contribution in [0.1, 0.15) is 12.2 Å². The number of benzene rings is 1. The monoisotopic (exact) mass is 283 g/mol. The molecular weight excluding hydrogens is 265 g/mol. The lowest BCUT2D eigenvalue weighted by Crippen LogP contribution is -2.16. The van der Waals surface area contributed by atoms with E-state index in [0.29, 0.717) is 17.8 Å². The van der Waals surface area contributed by atoms with E-state index in [9.17, 15) is 4.39 Å². The zero-order valence-corrected chi connectivity index (χ0v) is 12.1. The standard InChI is InChI=1S/C14H19ClFN3/c1-18(2)8-3-9-19-13-5-4-11(16)10-12(13)17-14(19)6-7-15/h4-5,10H,3,6-9H2,1-2H3. The Hall–Kier alpha value is -1.13. The Morgan fingerprint density at radius 1 is 1.37 bits per heavy atom. The van der Waals surface area contributed by atoms with Gasteiger partial charge in [0, 0.05) is 24.9 Å². The van der Waals surface area contributed by atoms with Crippen molar-refractivity contribution >= 4 is 22.6 Å². The van der Waals surface area contributed by atoms with Crippen LogP contribution in [0.3, 0.4) is 0 Å². The molecule has 0 unspecified atom stereocenters. The Balaban J connectivity index is 2.29. The van der Waals surface area contributed by atoms with Gasteiger partial charge in [0.25, 0.3) is 0 Å². The quantitative estimate of drug-likeness (QED) is 0.760. The molecule has 0 saturated carbocycles. The van der Waals surface area contributed by atoms with E-state index < -0.39 is 0 Å². The first-order valence-electron chi connectivity index (χ1n) is 6.47. The van der Waals surface area contributed by atoms with Gasteiger partial charge in [-0.3, -0.25) is 0 Å². The smallest absolute Gasteiger partial charge is 0.125 e. The molecule has 0 amide bonds. The Kier molecular flexibility index (Phi) is 4.77. The van der Waals surface area contributed by atoms with Crippen LogP contribution < -0.4 is 0 Å². The van der Waals surface area contributed by atoms with Gasteiger partial charge in [0.15, 0.2) is 0 Å². The van der Waals surface area contributed by atoms with Crippen LogP contribution >= 0.6 is 11.6 Å². The zero-order chi connectivity index (χ0) is 13.8. The number of hydrogen-bond donors (Lipinski definition) is 0. The summed E-state index contributed by atoms with van der Waals surface area (Å²) in [5.41, 5.74) is 1.70. The summed E-state index contributed by atoms with van der Waals surface area (Å²) in [6.45, 7) is 1.90. The summed E-state index contributed by atoms with van der Waals surface area (Å²) < 4.78 is 15.4. The molecule has 1 aromatic carbocycles. The first-order chi connectivity index (χ1) is 9.11. The van der Waals surface area contributed by atoms with Crippen LogP contribution in [-0.2, 0) is 13.0 Å². The maximum absolute atomic E-state index is 13.2. The summed E-state index contributed by atoms with van der Waals surface area (Å²) in [5.74, 6) is 1.22. The minimum absolute atomic E-state index is 0.247. The van der Waals surface area contributed by atoms with Gasteiger partial charge in [-0.15, -0.1) is 11.6 Å². The number of rotatable bonds is 6. The third kappa shape index (κ3) is 3.45. The highest BCUT2D eigenvalue weighted by atomic mass is 35.5. The van der Waals surface area contributed by atoms with Crippen molar-refractivity contribution in [1.29, 1.82) is 0 Å². The molecule has 104 valence electrons. The van der Waals surface area contributed by atoms with Crippen LogP contribution in [-0.4, -0.2) is 41.0 Å². The van der Waals surface area contributed by atoms with E-state index >= 15 is 0 Å². The van der Waals surface area contributed by atoms with Crippen molar-refractivity contribution in [3.05, 3.63) is 29.8 Å². The molecule has 1 aromatic heterocycles. The van der Waals surface area contributed by atoms with Crippen molar-refractivity contribution in [2.75, 3.05) is 26.5 Å². The van der Waals surface area contributed by atoms with Crippen molar-refractivity contribution in [1.82, 2.24) is 14.5 Å². The van der Waals surface area contributed by atoms with E-state index in [1.54, 1.807) is 6.07 Å². The Morgan fingerprint density at radius 2 is 2.16 bits per heavy atom. The zero-order valence-electron chi connectivity index (χ0n) is 11.4. The second-order valence-electron chi connectivity index (χ2n) is 4.91. The van der Waals surface area contributed by atoms with Gasteiger partial charge in [0.05, 0.1) is 11.0 Å². The van der Waals surface area contributed by atoms with Gasteiger partial charge in [-0.2, -0.15) is 0 Å². The molecule has 0 fully saturated rings. The predicted molar refractivity (Wildman–Crippen MR) is 77.3 cm³/mol. The van der Waals surface area contributed by atoms with E-state index in [2.05, 4.69) is 28.5 Å². The molecule has 5 heteroatoms. The SMILES string of the molecule is CN(C)CCCn1c(CCCl)nc2cc(F)ccc21. The number of nitrogens with zero attached hydrogens (tertiary/aromatic N) is 3. The van der Waals surface area contributed by atoms with Crippen LogP contribution in [0, 0.1) is 5.82 Å². The van der Waals surface area contributed by atoms with E-state index in [1.807, 2.05) is 0 Å². The van der Waals surface area contributed by atoms with Crippen LogP contribution in [0.15, 0.2) is 18.2 Å². The summed E-state index contributed by atoms with van der Waals surface area (Å²) in [6.07, 6.45) is 1.74. The fourth-order valence-corrected chi connectivity index (χ4v) is 2.39. The van der Waals surface area contributed by atoms with Crippen LogP contribution in [0.25, 0.3) is 11.0 Å². The van der Waals surface area contributed by atoms with E-state index in [0.717, 1.165) is 30.9 Å². The van der Waals surface area contributed by atoms with E-state index in [-0.39, 0.29) is 5.82 Å². The molecule has 3 nitrogen and oxygen atoms in total. The maximum Gasteiger partial charge on any atom is 0.125 e. The van der Waals surface area contributed by atoms with Crippen molar-refractivity contribution in [3.8, 4) is 0 Å². The molecule has 0 spiro atoms. The van der Waals surface area contributed by atoms with Crippen molar-refractivity contribution in [2.24, 2.45) is 0 Å². The number of fused-ring (bicyclic) bond motifs is 1. The molecular formula is C14H19ClFN3. The van der Waals surface area contributed by atoms with E-state index in [1.165, 1.54) is 12.1 Å². The highest BCUT2D eigenvalue weighted by molar-refractivity contribution is 6.17. The Morgan fingerprint density at radius 3 is 2.84 bits per heavy atom. The molecule has 2 rings (SSSR count). The molecule has 1 heterocycles. The number of imidazole rings is 1. The lowest BCUT2D eigenvalue weighted by Gasteiger charge is -2.12. The topological polar surface area (TPSA) is 21.1 Å². The lowest BCUT2D eigenvalue weighted by molar-refractivity contribution is 0.386. The number of hydrogen-bond acceptors (Lipinski definition) is 2. The minimum Gasteiger partial charge on any atom is -0.328 e. The number of aryl methyl sites for hydroxylation is 2. The second-order valence-corrected chi connectivity index (χ2v) is 5.29. The van der Waals surface area contributed by atoms with Gasteiger partial charge in [0.2, 0.25) is 0 Å². The van der Waals surface area contributed by atoms with Gasteiger partial charge in [-0.1, -0.05) is 0 Å². The van der Waals surface area contributed by atoms with Gasteiger partial charge in [-0.25, -0.2) is 9.37 Å². The Labute approximate surface area is 118 Å². The van der Waals surface area contributed by atoms with Crippen molar-refractivity contribution in [2.45, 2.75) is 19.4 Å². The molecule has 0 aliphatic rings. The highest BCUT2D eigenvalue weighted by Crippen LogP contribution is 2.18. The molecule has 0 aliphatic carbocycles. The molecule has 2 aromatic rings. The van der Waals surface area contributed by atoms with Crippen molar-refractivity contribution < 1.29 is 4.39 Å². The summed E-state index contributed by atoms with van der Waals surface area (Å²) in [7, 11) is 4.11. The number of aromatic nitrogens is 2. The van der Waals surface area contributed by atoms with Crippen LogP contribution in [0.2, 0.25) is 0 Å². The molecule has 0 saturated heterocycles. The first-order valence-corrected chi connectivity index (χ1v) is 7.00. The first kappa shape index (κ1) is 14.3. The largest absolute Gasteiger partial charge is 0.328 e. The molecule has 0 atom stereocenters. The average Bonchev–Trinajstić information content (AvgIpc) is 2.66. The average molecular weight is 284 g/mol. The van der Waals surface area contributed by atoms with Gasteiger partial charge >= 0.3 is 0 Å². The third-order valence-corrected chi connectivity index (χ3v) is 3.28. The van der Waals surface area contributed by atoms with Gasteiger partial charge in [-0.05, 0) is 39.2 Å². The second kappa shape index (κ2) is 6.35. The van der Waals surface area contributed by atoms with E-state index in [4.69, 9.17) is 11.6 Å². The molecule has 0 aliphatic heterocycles. The number of halogens is 2. The minimum atomic E-state index is -0.247. The lowest BCUT2D eigenvalue weighted by atomic mass is 10.3. The fraction of sp³-hybridized carbons (Fsp3) is 0.500. The van der Waals surface area contributed by atoms with Gasteiger partial charge < -0.3 is 9.47 Å². The van der Waals surface area contributed by atoms with Gasteiger partial charge in [0.1, 0.15) is 11.6 Å². The number of alkyl halides is 1. The third-order valence-electron chi connectivity index (χ3n) is 3.09. The molecule has 0 bridgehead atoms. The van der Waals surface area contributed by atoms with Crippen molar-refractivity contribution in [3.63, 3.8) is 0 Å². The Bertz CT molecular complexity index is 551. The fourth-order valence-electron chi connectivity index (χ4n) is 2.22. The molecule has 0 N–H and O–H groups in total.